The van der Waals surface area contributed by atoms with Crippen LogP contribution < -0.4 is 5.73 Å². The van der Waals surface area contributed by atoms with Crippen LogP contribution in [0.15, 0.2) is 36.7 Å². The van der Waals surface area contributed by atoms with E-state index in [1.165, 1.54) is 0 Å². The Labute approximate surface area is 112 Å². The molecule has 0 aliphatic carbocycles. The zero-order valence-corrected chi connectivity index (χ0v) is 10.7. The molecule has 1 aromatic carbocycles. The van der Waals surface area contributed by atoms with Crippen LogP contribution in [0.5, 0.6) is 0 Å². The summed E-state index contributed by atoms with van der Waals surface area (Å²) in [6, 6.07) is 7.86. The maximum Gasteiger partial charge on any atom is 0.123 e. The molecule has 0 saturated heterocycles. The van der Waals surface area contributed by atoms with Crippen LogP contribution in [0.25, 0.3) is 0 Å². The Morgan fingerprint density at radius 2 is 2.16 bits per heavy atom. The van der Waals surface area contributed by atoms with E-state index in [2.05, 4.69) is 14.5 Å². The molecule has 0 atom stereocenters. The minimum Gasteiger partial charge on any atom is -0.384 e. The summed E-state index contributed by atoms with van der Waals surface area (Å²) in [5.74, 6) is 1.24. The van der Waals surface area contributed by atoms with E-state index >= 15 is 0 Å². The monoisotopic (exact) mass is 255 g/mol. The Morgan fingerprint density at radius 3 is 3.00 bits per heavy atom. The Balaban J connectivity index is 1.78. The molecule has 0 fully saturated rings. The van der Waals surface area contributed by atoms with Gasteiger partial charge in [0, 0.05) is 37.6 Å². The normalized spacial score (nSPS) is 15.2. The highest BCUT2D eigenvalue weighted by molar-refractivity contribution is 5.96. The molecule has 98 valence electrons. The third-order valence-electron chi connectivity index (χ3n) is 3.53. The maximum atomic E-state index is 7.63. The Morgan fingerprint density at radius 1 is 1.32 bits per heavy atom. The SMILES string of the molecule is N=C(N)c1ccccc1CN1CCn2ccnc2C1. The lowest BCUT2D eigenvalue weighted by Crippen LogP contribution is -2.33. The molecule has 1 aliphatic rings. The summed E-state index contributed by atoms with van der Waals surface area (Å²) in [5, 5.41) is 7.63. The quantitative estimate of drug-likeness (QED) is 0.639. The third kappa shape index (κ3) is 2.37. The highest BCUT2D eigenvalue weighted by Crippen LogP contribution is 2.16. The Hall–Kier alpha value is -2.14. The molecule has 0 radical (unpaired) electrons. The van der Waals surface area contributed by atoms with Crippen LogP contribution in [-0.4, -0.2) is 26.8 Å². The van der Waals surface area contributed by atoms with Crippen molar-refractivity contribution in [1.29, 1.82) is 5.41 Å². The highest BCUT2D eigenvalue weighted by atomic mass is 15.2. The van der Waals surface area contributed by atoms with Crippen LogP contribution in [0.3, 0.4) is 0 Å². The van der Waals surface area contributed by atoms with Gasteiger partial charge in [-0.3, -0.25) is 10.3 Å². The van der Waals surface area contributed by atoms with E-state index in [1.54, 1.807) is 0 Å². The van der Waals surface area contributed by atoms with Crippen LogP contribution >= 0.6 is 0 Å². The Bertz CT molecular complexity index is 601. The molecule has 0 amide bonds. The molecule has 0 bridgehead atoms. The summed E-state index contributed by atoms with van der Waals surface area (Å²) < 4.78 is 2.19. The van der Waals surface area contributed by atoms with Gasteiger partial charge in [-0.1, -0.05) is 24.3 Å². The lowest BCUT2D eigenvalue weighted by Gasteiger charge is -2.28. The standard InChI is InChI=1S/C14H17N5/c15-14(16)12-4-2-1-3-11(12)9-18-7-8-19-6-5-17-13(19)10-18/h1-6H,7-10H2,(H3,15,16). The van der Waals surface area contributed by atoms with Crippen molar-refractivity contribution in [2.75, 3.05) is 6.54 Å². The molecule has 0 saturated carbocycles. The van der Waals surface area contributed by atoms with E-state index in [0.29, 0.717) is 0 Å². The fourth-order valence-corrected chi connectivity index (χ4v) is 2.52. The van der Waals surface area contributed by atoms with Crippen molar-refractivity contribution in [3.63, 3.8) is 0 Å². The first-order chi connectivity index (χ1) is 9.24. The summed E-state index contributed by atoms with van der Waals surface area (Å²) in [7, 11) is 0. The highest BCUT2D eigenvalue weighted by Gasteiger charge is 2.17. The van der Waals surface area contributed by atoms with Crippen molar-refractivity contribution in [1.82, 2.24) is 14.5 Å². The largest absolute Gasteiger partial charge is 0.384 e. The van der Waals surface area contributed by atoms with Gasteiger partial charge in [0.1, 0.15) is 11.7 Å². The number of nitrogens with one attached hydrogen (secondary N) is 1. The number of nitrogen functional groups attached to an aromatic ring is 1. The smallest absolute Gasteiger partial charge is 0.123 e. The maximum absolute atomic E-state index is 7.63. The van der Waals surface area contributed by atoms with Crippen molar-refractivity contribution in [3.8, 4) is 0 Å². The van der Waals surface area contributed by atoms with E-state index < -0.39 is 0 Å². The van der Waals surface area contributed by atoms with Crippen LogP contribution in [0, 0.1) is 5.41 Å². The van der Waals surface area contributed by atoms with Crippen molar-refractivity contribution in [2.24, 2.45) is 5.73 Å². The second-order valence-corrected chi connectivity index (χ2v) is 4.82. The summed E-state index contributed by atoms with van der Waals surface area (Å²) in [6.45, 7) is 3.62. The van der Waals surface area contributed by atoms with Gasteiger partial charge < -0.3 is 10.3 Å². The van der Waals surface area contributed by atoms with Gasteiger partial charge in [-0.15, -0.1) is 0 Å². The second-order valence-electron chi connectivity index (χ2n) is 4.82. The zero-order chi connectivity index (χ0) is 13.2. The van der Waals surface area contributed by atoms with Gasteiger partial charge in [-0.25, -0.2) is 4.98 Å². The fourth-order valence-electron chi connectivity index (χ4n) is 2.52. The van der Waals surface area contributed by atoms with E-state index in [0.717, 1.165) is 43.1 Å². The summed E-state index contributed by atoms with van der Waals surface area (Å²) >= 11 is 0. The van der Waals surface area contributed by atoms with Gasteiger partial charge in [0.25, 0.3) is 0 Å². The van der Waals surface area contributed by atoms with E-state index in [1.807, 2.05) is 36.7 Å². The number of fused-ring (bicyclic) bond motifs is 1. The number of benzene rings is 1. The number of rotatable bonds is 3. The number of imidazole rings is 1. The number of amidine groups is 1. The molecule has 2 aromatic rings. The van der Waals surface area contributed by atoms with Gasteiger partial charge in [0.15, 0.2) is 0 Å². The van der Waals surface area contributed by atoms with E-state index in [4.69, 9.17) is 11.1 Å². The van der Waals surface area contributed by atoms with Gasteiger partial charge in [0.05, 0.1) is 6.54 Å². The minimum absolute atomic E-state index is 0.133. The van der Waals surface area contributed by atoms with Crippen molar-refractivity contribution >= 4 is 5.84 Å². The molecular formula is C14H17N5. The first-order valence-corrected chi connectivity index (χ1v) is 6.38. The average molecular weight is 255 g/mol. The van der Waals surface area contributed by atoms with Crippen LogP contribution in [0.2, 0.25) is 0 Å². The van der Waals surface area contributed by atoms with Crippen LogP contribution in [-0.2, 0) is 19.6 Å². The zero-order valence-electron chi connectivity index (χ0n) is 10.7. The summed E-state index contributed by atoms with van der Waals surface area (Å²) in [6.07, 6.45) is 3.87. The molecule has 3 N–H and O–H groups in total. The summed E-state index contributed by atoms with van der Waals surface area (Å²) in [5.41, 5.74) is 7.56. The molecule has 0 unspecified atom stereocenters. The topological polar surface area (TPSA) is 70.9 Å². The molecule has 3 rings (SSSR count). The van der Waals surface area contributed by atoms with Crippen LogP contribution in [0.4, 0.5) is 0 Å². The molecule has 1 aromatic heterocycles. The molecule has 19 heavy (non-hydrogen) atoms. The molecular weight excluding hydrogens is 238 g/mol. The number of aromatic nitrogens is 2. The number of nitrogens with zero attached hydrogens (tertiary/aromatic N) is 3. The predicted octanol–water partition coefficient (Wildman–Crippen LogP) is 1.18. The van der Waals surface area contributed by atoms with Gasteiger partial charge in [-0.05, 0) is 5.56 Å². The van der Waals surface area contributed by atoms with Gasteiger partial charge in [-0.2, -0.15) is 0 Å². The number of hydrogen-bond donors (Lipinski definition) is 2. The first-order valence-electron chi connectivity index (χ1n) is 6.38. The fraction of sp³-hybridized carbons (Fsp3) is 0.286. The Kier molecular flexibility index (Phi) is 3.05. The molecule has 5 nitrogen and oxygen atoms in total. The molecule has 2 heterocycles. The lowest BCUT2D eigenvalue weighted by molar-refractivity contribution is 0.209. The third-order valence-corrected chi connectivity index (χ3v) is 3.53. The molecule has 1 aliphatic heterocycles. The van der Waals surface area contributed by atoms with Crippen LogP contribution in [0.1, 0.15) is 17.0 Å². The predicted molar refractivity (Wildman–Crippen MR) is 73.8 cm³/mol. The van der Waals surface area contributed by atoms with Gasteiger partial charge >= 0.3 is 0 Å². The molecule has 0 spiro atoms. The summed E-state index contributed by atoms with van der Waals surface area (Å²) in [4.78, 5) is 6.70. The second kappa shape index (κ2) is 4.85. The van der Waals surface area contributed by atoms with Crippen molar-refractivity contribution < 1.29 is 0 Å². The minimum atomic E-state index is 0.133. The first kappa shape index (κ1) is 11.9. The average Bonchev–Trinajstić information content (AvgIpc) is 2.86. The van der Waals surface area contributed by atoms with Crippen molar-refractivity contribution in [3.05, 3.63) is 53.6 Å². The molecule has 5 heteroatoms. The lowest BCUT2D eigenvalue weighted by atomic mass is 10.1. The van der Waals surface area contributed by atoms with E-state index in [-0.39, 0.29) is 5.84 Å². The van der Waals surface area contributed by atoms with Crippen molar-refractivity contribution in [2.45, 2.75) is 19.6 Å². The number of nitrogens with two attached hydrogens (primary N) is 1. The number of hydrogen-bond acceptors (Lipinski definition) is 3. The van der Waals surface area contributed by atoms with E-state index in [9.17, 15) is 0 Å². The van der Waals surface area contributed by atoms with Gasteiger partial charge in [0.2, 0.25) is 0 Å².